The van der Waals surface area contributed by atoms with Crippen molar-refractivity contribution in [1.82, 2.24) is 0 Å². The van der Waals surface area contributed by atoms with Gasteiger partial charge in [-0.3, -0.25) is 4.72 Å². The fourth-order valence-corrected chi connectivity index (χ4v) is 3.10. The second-order valence-corrected chi connectivity index (χ2v) is 6.82. The SMILES string of the molecule is N#Cc1cccc(S(=O)(=O)Nc2ccc(Cl)c(Br)c2)c1. The first-order chi connectivity index (χ1) is 9.42. The lowest BCUT2D eigenvalue weighted by atomic mass is 10.2. The van der Waals surface area contributed by atoms with E-state index in [4.69, 9.17) is 16.9 Å². The summed E-state index contributed by atoms with van der Waals surface area (Å²) in [6.07, 6.45) is 0. The number of anilines is 1. The molecule has 0 saturated heterocycles. The fourth-order valence-electron chi connectivity index (χ4n) is 1.51. The minimum absolute atomic E-state index is 0.0302. The van der Waals surface area contributed by atoms with Crippen LogP contribution >= 0.6 is 27.5 Å². The van der Waals surface area contributed by atoms with E-state index in [1.807, 2.05) is 6.07 Å². The number of hydrogen-bond acceptors (Lipinski definition) is 3. The number of halogens is 2. The van der Waals surface area contributed by atoms with Crippen LogP contribution in [0.4, 0.5) is 5.69 Å². The molecule has 0 amide bonds. The topological polar surface area (TPSA) is 70.0 Å². The highest BCUT2D eigenvalue weighted by molar-refractivity contribution is 9.10. The molecule has 0 aliphatic carbocycles. The molecule has 2 aromatic rings. The average molecular weight is 372 g/mol. The number of nitrogens with zero attached hydrogens (tertiary/aromatic N) is 1. The van der Waals surface area contributed by atoms with E-state index in [1.54, 1.807) is 18.2 Å². The largest absolute Gasteiger partial charge is 0.280 e. The van der Waals surface area contributed by atoms with E-state index in [9.17, 15) is 8.42 Å². The van der Waals surface area contributed by atoms with E-state index >= 15 is 0 Å². The molecule has 0 atom stereocenters. The van der Waals surface area contributed by atoms with Gasteiger partial charge in [-0.2, -0.15) is 5.26 Å². The third-order valence-corrected chi connectivity index (χ3v) is 5.04. The van der Waals surface area contributed by atoms with Crippen LogP contribution in [0.3, 0.4) is 0 Å². The molecule has 0 heterocycles. The second kappa shape index (κ2) is 5.83. The molecule has 0 unspecified atom stereocenters. The Labute approximate surface area is 130 Å². The smallest absolute Gasteiger partial charge is 0.261 e. The Morgan fingerprint density at radius 1 is 1.20 bits per heavy atom. The normalized spacial score (nSPS) is 10.8. The van der Waals surface area contributed by atoms with Crippen LogP contribution in [0.1, 0.15) is 5.56 Å². The summed E-state index contributed by atoms with van der Waals surface area (Å²) in [5, 5.41) is 9.28. The van der Waals surface area contributed by atoms with Gasteiger partial charge < -0.3 is 0 Å². The molecule has 1 N–H and O–H groups in total. The van der Waals surface area contributed by atoms with Crippen molar-refractivity contribution in [2.45, 2.75) is 4.90 Å². The standard InChI is InChI=1S/C13H8BrClN2O2S/c14-12-7-10(4-5-13(12)15)17-20(18,19)11-3-1-2-9(6-11)8-16/h1-7,17H. The quantitative estimate of drug-likeness (QED) is 0.892. The summed E-state index contributed by atoms with van der Waals surface area (Å²) in [6.45, 7) is 0. The molecule has 0 radical (unpaired) electrons. The van der Waals surface area contributed by atoms with Crippen molar-refractivity contribution >= 4 is 43.2 Å². The molecular formula is C13H8BrClN2O2S. The Morgan fingerprint density at radius 2 is 1.95 bits per heavy atom. The zero-order valence-corrected chi connectivity index (χ0v) is 13.1. The van der Waals surface area contributed by atoms with Gasteiger partial charge in [0.2, 0.25) is 0 Å². The van der Waals surface area contributed by atoms with Crippen LogP contribution in [0.5, 0.6) is 0 Å². The predicted octanol–water partition coefficient (Wildman–Crippen LogP) is 3.77. The van der Waals surface area contributed by atoms with Crippen molar-refractivity contribution in [1.29, 1.82) is 5.26 Å². The summed E-state index contributed by atoms with van der Waals surface area (Å²) in [5.41, 5.74) is 0.661. The molecule has 7 heteroatoms. The Balaban J connectivity index is 2.35. The molecule has 0 saturated carbocycles. The highest BCUT2D eigenvalue weighted by Crippen LogP contribution is 2.27. The predicted molar refractivity (Wildman–Crippen MR) is 81.1 cm³/mol. The molecule has 0 spiro atoms. The van der Waals surface area contributed by atoms with Crippen LogP contribution in [-0.4, -0.2) is 8.42 Å². The Hall–Kier alpha value is -1.55. The van der Waals surface area contributed by atoms with Crippen molar-refractivity contribution in [2.75, 3.05) is 4.72 Å². The van der Waals surface area contributed by atoms with Crippen LogP contribution < -0.4 is 4.72 Å². The van der Waals surface area contributed by atoms with Gasteiger partial charge in [0.25, 0.3) is 10.0 Å². The summed E-state index contributed by atoms with van der Waals surface area (Å²) in [7, 11) is -3.74. The Bertz CT molecular complexity index is 800. The van der Waals surface area contributed by atoms with Crippen LogP contribution in [0.25, 0.3) is 0 Å². The van der Waals surface area contributed by atoms with E-state index in [1.165, 1.54) is 24.3 Å². The monoisotopic (exact) mass is 370 g/mol. The van der Waals surface area contributed by atoms with Crippen LogP contribution in [0.15, 0.2) is 51.8 Å². The summed E-state index contributed by atoms with van der Waals surface area (Å²) in [6, 6.07) is 12.4. The van der Waals surface area contributed by atoms with Crippen molar-refractivity contribution in [3.8, 4) is 6.07 Å². The first kappa shape index (κ1) is 14.9. The van der Waals surface area contributed by atoms with Gasteiger partial charge in [-0.15, -0.1) is 0 Å². The minimum Gasteiger partial charge on any atom is -0.280 e. The fraction of sp³-hybridized carbons (Fsp3) is 0. The number of rotatable bonds is 3. The lowest BCUT2D eigenvalue weighted by Gasteiger charge is -2.09. The molecule has 0 fully saturated rings. The third-order valence-electron chi connectivity index (χ3n) is 2.45. The highest BCUT2D eigenvalue weighted by Gasteiger charge is 2.15. The molecular weight excluding hydrogens is 364 g/mol. The van der Waals surface area contributed by atoms with Gasteiger partial charge in [-0.05, 0) is 52.3 Å². The van der Waals surface area contributed by atoms with E-state index in [0.29, 0.717) is 15.2 Å². The van der Waals surface area contributed by atoms with Gasteiger partial charge in [-0.1, -0.05) is 17.7 Å². The molecule has 4 nitrogen and oxygen atoms in total. The van der Waals surface area contributed by atoms with E-state index in [2.05, 4.69) is 20.7 Å². The van der Waals surface area contributed by atoms with Crippen LogP contribution in [-0.2, 0) is 10.0 Å². The molecule has 20 heavy (non-hydrogen) atoms. The zero-order valence-electron chi connectivity index (χ0n) is 9.97. The summed E-state index contributed by atoms with van der Waals surface area (Å²) in [4.78, 5) is 0.0302. The summed E-state index contributed by atoms with van der Waals surface area (Å²) < 4.78 is 27.4. The maximum Gasteiger partial charge on any atom is 0.261 e. The minimum atomic E-state index is -3.74. The van der Waals surface area contributed by atoms with Crippen molar-refractivity contribution < 1.29 is 8.42 Å². The molecule has 2 aromatic carbocycles. The average Bonchev–Trinajstić information content (AvgIpc) is 2.43. The van der Waals surface area contributed by atoms with Gasteiger partial charge in [-0.25, -0.2) is 8.42 Å². The van der Waals surface area contributed by atoms with E-state index in [0.717, 1.165) is 0 Å². The maximum absolute atomic E-state index is 12.2. The second-order valence-electron chi connectivity index (χ2n) is 3.87. The molecule has 0 aliphatic rings. The summed E-state index contributed by atoms with van der Waals surface area (Å²) >= 11 is 9.07. The van der Waals surface area contributed by atoms with E-state index < -0.39 is 10.0 Å². The first-order valence-electron chi connectivity index (χ1n) is 5.40. The number of nitriles is 1. The van der Waals surface area contributed by atoms with Crippen LogP contribution in [0.2, 0.25) is 5.02 Å². The van der Waals surface area contributed by atoms with Gasteiger partial charge in [0.15, 0.2) is 0 Å². The molecule has 102 valence electrons. The van der Waals surface area contributed by atoms with Crippen molar-refractivity contribution in [3.63, 3.8) is 0 Å². The van der Waals surface area contributed by atoms with Crippen LogP contribution in [0, 0.1) is 11.3 Å². The van der Waals surface area contributed by atoms with Crippen molar-refractivity contribution in [2.24, 2.45) is 0 Å². The summed E-state index contributed by atoms with van der Waals surface area (Å²) in [5.74, 6) is 0. The lowest BCUT2D eigenvalue weighted by molar-refractivity contribution is 0.601. The Morgan fingerprint density at radius 3 is 2.60 bits per heavy atom. The molecule has 2 rings (SSSR count). The first-order valence-corrected chi connectivity index (χ1v) is 8.06. The molecule has 0 aromatic heterocycles. The van der Waals surface area contributed by atoms with Gasteiger partial charge >= 0.3 is 0 Å². The molecule has 0 aliphatic heterocycles. The number of benzene rings is 2. The van der Waals surface area contributed by atoms with Gasteiger partial charge in [0.05, 0.1) is 27.2 Å². The van der Waals surface area contributed by atoms with Gasteiger partial charge in [0, 0.05) is 4.47 Å². The Kier molecular flexibility index (Phi) is 4.33. The molecule has 0 bridgehead atoms. The zero-order chi connectivity index (χ0) is 14.8. The lowest BCUT2D eigenvalue weighted by Crippen LogP contribution is -2.13. The number of hydrogen-bond donors (Lipinski definition) is 1. The number of nitrogens with one attached hydrogen (secondary N) is 1. The van der Waals surface area contributed by atoms with Crippen molar-refractivity contribution in [3.05, 3.63) is 57.5 Å². The number of sulfonamides is 1. The third kappa shape index (κ3) is 3.31. The van der Waals surface area contributed by atoms with Gasteiger partial charge in [0.1, 0.15) is 0 Å². The highest BCUT2D eigenvalue weighted by atomic mass is 79.9. The van der Waals surface area contributed by atoms with E-state index in [-0.39, 0.29) is 10.5 Å². The maximum atomic E-state index is 12.2.